The third-order valence-corrected chi connectivity index (χ3v) is 3.80. The van der Waals surface area contributed by atoms with Gasteiger partial charge in [0, 0.05) is 14.9 Å². The molecule has 1 aromatic heterocycles. The van der Waals surface area contributed by atoms with Gasteiger partial charge in [0.1, 0.15) is 11.3 Å². The van der Waals surface area contributed by atoms with E-state index >= 15 is 0 Å². The predicted molar refractivity (Wildman–Crippen MR) is 78.4 cm³/mol. The maximum atomic E-state index is 11.8. The molecule has 2 aromatic rings. The van der Waals surface area contributed by atoms with E-state index in [0.29, 0.717) is 10.7 Å². The Morgan fingerprint density at radius 3 is 2.47 bits per heavy atom. The molecule has 0 bridgehead atoms. The first-order chi connectivity index (χ1) is 9.02. The lowest BCUT2D eigenvalue weighted by atomic mass is 10.1. The van der Waals surface area contributed by atoms with Crippen LogP contribution in [-0.2, 0) is 0 Å². The van der Waals surface area contributed by atoms with Crippen LogP contribution in [0, 0.1) is 0 Å². The molecule has 0 aliphatic rings. The summed E-state index contributed by atoms with van der Waals surface area (Å²) in [6.45, 7) is 0. The molecular formula is C13H10BrNO3S. The molecule has 2 N–H and O–H groups in total. The maximum absolute atomic E-state index is 11.8. The van der Waals surface area contributed by atoms with Gasteiger partial charge in [0.2, 0.25) is 0 Å². The second kappa shape index (κ2) is 5.63. The van der Waals surface area contributed by atoms with Crippen LogP contribution >= 0.6 is 27.7 Å². The molecule has 0 spiro atoms. The SMILES string of the molecule is CSc1cc(-c2ccc(Br)cc2)oc(=O)c1C(N)=O. The van der Waals surface area contributed by atoms with Crippen LogP contribution in [-0.4, -0.2) is 12.2 Å². The van der Waals surface area contributed by atoms with E-state index in [9.17, 15) is 9.59 Å². The van der Waals surface area contributed by atoms with Gasteiger partial charge in [-0.3, -0.25) is 4.79 Å². The average Bonchev–Trinajstić information content (AvgIpc) is 2.38. The van der Waals surface area contributed by atoms with Crippen LogP contribution in [0.5, 0.6) is 0 Å². The zero-order valence-electron chi connectivity index (χ0n) is 9.98. The molecule has 0 aliphatic heterocycles. The summed E-state index contributed by atoms with van der Waals surface area (Å²) in [5, 5.41) is 0. The fraction of sp³-hybridized carbons (Fsp3) is 0.0769. The zero-order chi connectivity index (χ0) is 14.0. The molecule has 19 heavy (non-hydrogen) atoms. The minimum Gasteiger partial charge on any atom is -0.422 e. The van der Waals surface area contributed by atoms with Crippen molar-refractivity contribution >= 4 is 33.6 Å². The second-order valence-electron chi connectivity index (χ2n) is 3.71. The summed E-state index contributed by atoms with van der Waals surface area (Å²) in [6, 6.07) is 8.97. The van der Waals surface area contributed by atoms with Crippen molar-refractivity contribution in [3.8, 4) is 11.3 Å². The fourth-order valence-corrected chi connectivity index (χ4v) is 2.49. The Hall–Kier alpha value is -1.53. The number of nitrogens with two attached hydrogens (primary N) is 1. The largest absolute Gasteiger partial charge is 0.422 e. The summed E-state index contributed by atoms with van der Waals surface area (Å²) in [7, 11) is 0. The Kier molecular flexibility index (Phi) is 4.11. The Morgan fingerprint density at radius 1 is 1.32 bits per heavy atom. The molecule has 0 unspecified atom stereocenters. The van der Waals surface area contributed by atoms with E-state index in [-0.39, 0.29) is 5.56 Å². The molecule has 0 aliphatic carbocycles. The Bertz CT molecular complexity index is 679. The topological polar surface area (TPSA) is 73.3 Å². The highest BCUT2D eigenvalue weighted by Gasteiger charge is 2.16. The number of hydrogen-bond donors (Lipinski definition) is 1. The van der Waals surface area contributed by atoms with Gasteiger partial charge >= 0.3 is 5.63 Å². The van der Waals surface area contributed by atoms with E-state index in [1.165, 1.54) is 11.8 Å². The summed E-state index contributed by atoms with van der Waals surface area (Å²) in [5.74, 6) is -0.368. The third-order valence-electron chi connectivity index (χ3n) is 2.51. The van der Waals surface area contributed by atoms with Gasteiger partial charge in [-0.25, -0.2) is 4.79 Å². The number of benzene rings is 1. The number of carbonyl (C=O) groups excluding carboxylic acids is 1. The molecule has 1 amide bonds. The van der Waals surface area contributed by atoms with Crippen molar-refractivity contribution in [1.29, 1.82) is 0 Å². The van der Waals surface area contributed by atoms with Crippen molar-refractivity contribution in [2.75, 3.05) is 6.26 Å². The molecule has 1 heterocycles. The van der Waals surface area contributed by atoms with Crippen molar-refractivity contribution in [2.24, 2.45) is 5.73 Å². The molecule has 0 radical (unpaired) electrons. The van der Waals surface area contributed by atoms with E-state index in [1.807, 2.05) is 24.3 Å². The van der Waals surface area contributed by atoms with Gasteiger partial charge in [-0.1, -0.05) is 28.1 Å². The van der Waals surface area contributed by atoms with Crippen LogP contribution in [0.4, 0.5) is 0 Å². The number of primary amides is 1. The van der Waals surface area contributed by atoms with E-state index < -0.39 is 11.5 Å². The van der Waals surface area contributed by atoms with Crippen molar-refractivity contribution in [3.05, 3.63) is 50.8 Å². The monoisotopic (exact) mass is 339 g/mol. The van der Waals surface area contributed by atoms with E-state index in [4.69, 9.17) is 10.2 Å². The lowest BCUT2D eigenvalue weighted by Gasteiger charge is -2.06. The highest BCUT2D eigenvalue weighted by Crippen LogP contribution is 2.26. The number of carbonyl (C=O) groups is 1. The number of thioether (sulfide) groups is 1. The predicted octanol–water partition coefficient (Wildman–Crippen LogP) is 2.89. The number of rotatable bonds is 3. The van der Waals surface area contributed by atoms with Gasteiger partial charge in [-0.2, -0.15) is 0 Å². The lowest BCUT2D eigenvalue weighted by molar-refractivity contribution is 0.0993. The minimum absolute atomic E-state index is 0.103. The molecule has 0 saturated heterocycles. The fourth-order valence-electron chi connectivity index (χ4n) is 1.61. The second-order valence-corrected chi connectivity index (χ2v) is 5.48. The van der Waals surface area contributed by atoms with Crippen LogP contribution in [0.25, 0.3) is 11.3 Å². The molecule has 0 fully saturated rings. The third kappa shape index (κ3) is 2.90. The Morgan fingerprint density at radius 2 is 1.95 bits per heavy atom. The summed E-state index contributed by atoms with van der Waals surface area (Å²) in [4.78, 5) is 23.6. The number of amides is 1. The van der Waals surface area contributed by atoms with Crippen molar-refractivity contribution in [2.45, 2.75) is 4.90 Å². The quantitative estimate of drug-likeness (QED) is 0.872. The first kappa shape index (κ1) is 13.9. The van der Waals surface area contributed by atoms with Crippen LogP contribution in [0.3, 0.4) is 0 Å². The highest BCUT2D eigenvalue weighted by molar-refractivity contribution is 9.10. The van der Waals surface area contributed by atoms with Crippen LogP contribution in [0.1, 0.15) is 10.4 Å². The number of hydrogen-bond acceptors (Lipinski definition) is 4. The van der Waals surface area contributed by atoms with Crippen LogP contribution < -0.4 is 11.4 Å². The Labute approximate surface area is 122 Å². The van der Waals surface area contributed by atoms with E-state index in [2.05, 4.69) is 15.9 Å². The molecule has 2 rings (SSSR count). The van der Waals surface area contributed by atoms with Crippen molar-refractivity contribution in [3.63, 3.8) is 0 Å². The molecule has 0 atom stereocenters. The summed E-state index contributed by atoms with van der Waals surface area (Å²) in [5.41, 5.74) is 5.12. The van der Waals surface area contributed by atoms with E-state index in [1.54, 1.807) is 12.3 Å². The average molecular weight is 340 g/mol. The molecule has 4 nitrogen and oxygen atoms in total. The van der Waals surface area contributed by atoms with Gasteiger partial charge in [-0.15, -0.1) is 11.8 Å². The molecular weight excluding hydrogens is 330 g/mol. The van der Waals surface area contributed by atoms with Crippen molar-refractivity contribution < 1.29 is 9.21 Å². The molecule has 0 saturated carbocycles. The smallest absolute Gasteiger partial charge is 0.350 e. The van der Waals surface area contributed by atoms with Gasteiger partial charge < -0.3 is 10.2 Å². The first-order valence-corrected chi connectivity index (χ1v) is 7.32. The van der Waals surface area contributed by atoms with Gasteiger partial charge in [0.25, 0.3) is 5.91 Å². The Balaban J connectivity index is 2.61. The lowest BCUT2D eigenvalue weighted by Crippen LogP contribution is -2.22. The maximum Gasteiger partial charge on any atom is 0.350 e. The summed E-state index contributed by atoms with van der Waals surface area (Å²) < 4.78 is 6.08. The van der Waals surface area contributed by atoms with Gasteiger partial charge in [0.15, 0.2) is 0 Å². The van der Waals surface area contributed by atoms with E-state index in [0.717, 1.165) is 10.0 Å². The summed E-state index contributed by atoms with van der Waals surface area (Å²) in [6.07, 6.45) is 1.77. The normalized spacial score (nSPS) is 10.4. The van der Waals surface area contributed by atoms with Crippen molar-refractivity contribution in [1.82, 2.24) is 0 Å². The first-order valence-electron chi connectivity index (χ1n) is 5.31. The molecule has 1 aromatic carbocycles. The van der Waals surface area contributed by atoms with Crippen LogP contribution in [0.2, 0.25) is 0 Å². The van der Waals surface area contributed by atoms with Gasteiger partial charge in [0.05, 0.1) is 0 Å². The minimum atomic E-state index is -0.777. The highest BCUT2D eigenvalue weighted by atomic mass is 79.9. The molecule has 6 heteroatoms. The zero-order valence-corrected chi connectivity index (χ0v) is 12.4. The molecule has 98 valence electrons. The van der Waals surface area contributed by atoms with Crippen LogP contribution in [0.15, 0.2) is 48.9 Å². The van der Waals surface area contributed by atoms with Gasteiger partial charge in [-0.05, 0) is 24.5 Å². The standard InChI is InChI=1S/C13H10BrNO3S/c1-19-10-6-9(7-2-4-8(14)5-3-7)18-13(17)11(10)12(15)16/h2-6H,1H3,(H2,15,16). The number of halogens is 1. The summed E-state index contributed by atoms with van der Waals surface area (Å²) >= 11 is 4.61.